The van der Waals surface area contributed by atoms with E-state index in [2.05, 4.69) is 15.3 Å². The fraction of sp³-hybridized carbons (Fsp3) is 0.583. The van der Waals surface area contributed by atoms with E-state index in [0.717, 1.165) is 5.69 Å². The van der Waals surface area contributed by atoms with Gasteiger partial charge in [-0.15, -0.1) is 0 Å². The number of ether oxygens (including phenoxy) is 2. The summed E-state index contributed by atoms with van der Waals surface area (Å²) >= 11 is 0. The van der Waals surface area contributed by atoms with Crippen molar-refractivity contribution in [3.8, 4) is 5.88 Å². The van der Waals surface area contributed by atoms with Crippen molar-refractivity contribution in [2.75, 3.05) is 7.11 Å². The summed E-state index contributed by atoms with van der Waals surface area (Å²) in [5.41, 5.74) is 0.800. The van der Waals surface area contributed by atoms with Crippen molar-refractivity contribution >= 4 is 6.09 Å². The number of hydrogen-bond acceptors (Lipinski definition) is 5. The fourth-order valence-electron chi connectivity index (χ4n) is 1.23. The molecule has 0 aliphatic carbocycles. The number of amides is 1. The molecule has 0 unspecified atom stereocenters. The number of aromatic nitrogens is 2. The molecule has 1 heterocycles. The molecule has 1 rings (SSSR count). The molecule has 1 N–H and O–H groups in total. The second-order valence-electron chi connectivity index (χ2n) is 4.82. The second kappa shape index (κ2) is 5.66. The van der Waals surface area contributed by atoms with Crippen LogP contribution in [-0.2, 0) is 11.3 Å². The van der Waals surface area contributed by atoms with Gasteiger partial charge >= 0.3 is 6.09 Å². The molecule has 6 nitrogen and oxygen atoms in total. The number of hydrogen-bond donors (Lipinski definition) is 1. The normalized spacial score (nSPS) is 10.9. The summed E-state index contributed by atoms with van der Waals surface area (Å²) in [6.07, 6.45) is 1.13. The van der Waals surface area contributed by atoms with E-state index in [1.807, 2.05) is 6.92 Å². The van der Waals surface area contributed by atoms with Crippen molar-refractivity contribution in [3.63, 3.8) is 0 Å². The number of rotatable bonds is 3. The van der Waals surface area contributed by atoms with Gasteiger partial charge in [-0.2, -0.15) is 0 Å². The van der Waals surface area contributed by atoms with Gasteiger partial charge in [-0.05, 0) is 27.7 Å². The van der Waals surface area contributed by atoms with E-state index in [9.17, 15) is 4.79 Å². The molecule has 1 amide bonds. The third-order valence-corrected chi connectivity index (χ3v) is 1.92. The van der Waals surface area contributed by atoms with Crippen LogP contribution in [0, 0.1) is 6.92 Å². The van der Waals surface area contributed by atoms with Crippen molar-refractivity contribution < 1.29 is 14.3 Å². The van der Waals surface area contributed by atoms with Gasteiger partial charge in [0.05, 0.1) is 19.3 Å². The summed E-state index contributed by atoms with van der Waals surface area (Å²) in [7, 11) is 1.51. The first-order valence-electron chi connectivity index (χ1n) is 5.65. The van der Waals surface area contributed by atoms with Crippen LogP contribution < -0.4 is 10.1 Å². The molecule has 0 saturated carbocycles. The molecular formula is C12H19N3O3. The summed E-state index contributed by atoms with van der Waals surface area (Å²) in [5.74, 6) is 0.408. The average molecular weight is 253 g/mol. The lowest BCUT2D eigenvalue weighted by molar-refractivity contribution is 0.0522. The predicted octanol–water partition coefficient (Wildman–Crippen LogP) is 1.82. The number of methoxy groups -OCH3 is 1. The molecule has 1 aromatic heterocycles. The molecule has 0 aliphatic heterocycles. The molecule has 0 bridgehead atoms. The van der Waals surface area contributed by atoms with Crippen LogP contribution >= 0.6 is 0 Å². The standard InChI is InChI=1S/C12H19N3O3/c1-8-6-13-9(10(15-8)17-5)7-14-11(16)18-12(2,3)4/h6H,7H2,1-5H3,(H,14,16). The Morgan fingerprint density at radius 2 is 2.11 bits per heavy atom. The highest BCUT2D eigenvalue weighted by atomic mass is 16.6. The molecule has 18 heavy (non-hydrogen) atoms. The fourth-order valence-corrected chi connectivity index (χ4v) is 1.23. The monoisotopic (exact) mass is 253 g/mol. The Balaban J connectivity index is 2.61. The third-order valence-electron chi connectivity index (χ3n) is 1.92. The van der Waals surface area contributed by atoms with E-state index < -0.39 is 11.7 Å². The SMILES string of the molecule is COc1nc(C)cnc1CNC(=O)OC(C)(C)C. The summed E-state index contributed by atoms with van der Waals surface area (Å²) in [6.45, 7) is 7.45. The first kappa shape index (κ1) is 14.2. The maximum Gasteiger partial charge on any atom is 0.407 e. The molecule has 0 saturated heterocycles. The van der Waals surface area contributed by atoms with Crippen molar-refractivity contribution in [2.45, 2.75) is 39.8 Å². The maximum absolute atomic E-state index is 11.5. The molecular weight excluding hydrogens is 234 g/mol. The van der Waals surface area contributed by atoms with Crippen LogP contribution in [0.3, 0.4) is 0 Å². The van der Waals surface area contributed by atoms with Crippen LogP contribution in [0.25, 0.3) is 0 Å². The van der Waals surface area contributed by atoms with Crippen molar-refractivity contribution in [2.24, 2.45) is 0 Å². The molecule has 1 aromatic rings. The van der Waals surface area contributed by atoms with Gasteiger partial charge in [0.25, 0.3) is 0 Å². The summed E-state index contributed by atoms with van der Waals surface area (Å²) < 4.78 is 10.2. The summed E-state index contributed by atoms with van der Waals surface area (Å²) in [5, 5.41) is 2.61. The zero-order valence-electron chi connectivity index (χ0n) is 11.4. The van der Waals surface area contributed by atoms with Crippen molar-refractivity contribution in [1.82, 2.24) is 15.3 Å². The van der Waals surface area contributed by atoms with Crippen LogP contribution in [0.4, 0.5) is 4.79 Å². The molecule has 0 spiro atoms. The smallest absolute Gasteiger partial charge is 0.407 e. The minimum absolute atomic E-state index is 0.214. The largest absolute Gasteiger partial charge is 0.480 e. The minimum atomic E-state index is -0.521. The topological polar surface area (TPSA) is 73.3 Å². The molecule has 0 fully saturated rings. The van der Waals surface area contributed by atoms with E-state index in [-0.39, 0.29) is 6.54 Å². The van der Waals surface area contributed by atoms with Crippen LogP contribution in [0.1, 0.15) is 32.2 Å². The van der Waals surface area contributed by atoms with Gasteiger partial charge in [0, 0.05) is 6.20 Å². The third kappa shape index (κ3) is 4.57. The number of nitrogens with one attached hydrogen (secondary N) is 1. The first-order chi connectivity index (χ1) is 8.31. The maximum atomic E-state index is 11.5. The summed E-state index contributed by atoms with van der Waals surface area (Å²) in [4.78, 5) is 19.8. The molecule has 0 radical (unpaired) electrons. The van der Waals surface area contributed by atoms with Gasteiger partial charge in [0.1, 0.15) is 11.3 Å². The second-order valence-corrected chi connectivity index (χ2v) is 4.82. The zero-order chi connectivity index (χ0) is 13.8. The quantitative estimate of drug-likeness (QED) is 0.889. The lowest BCUT2D eigenvalue weighted by Crippen LogP contribution is -2.32. The lowest BCUT2D eigenvalue weighted by atomic mass is 10.2. The van der Waals surface area contributed by atoms with Crippen LogP contribution in [0.2, 0.25) is 0 Å². The van der Waals surface area contributed by atoms with Gasteiger partial charge in [-0.1, -0.05) is 0 Å². The number of carbonyl (C=O) groups is 1. The highest BCUT2D eigenvalue weighted by molar-refractivity contribution is 5.67. The van der Waals surface area contributed by atoms with Gasteiger partial charge in [-0.25, -0.2) is 9.78 Å². The highest BCUT2D eigenvalue weighted by Crippen LogP contribution is 2.12. The van der Waals surface area contributed by atoms with Gasteiger partial charge < -0.3 is 14.8 Å². The average Bonchev–Trinajstić information content (AvgIpc) is 2.24. The van der Waals surface area contributed by atoms with E-state index in [1.54, 1.807) is 27.0 Å². The van der Waals surface area contributed by atoms with Crippen LogP contribution in [0.5, 0.6) is 5.88 Å². The van der Waals surface area contributed by atoms with E-state index >= 15 is 0 Å². The number of carbonyl (C=O) groups excluding carboxylic acids is 1. The Morgan fingerprint density at radius 1 is 1.44 bits per heavy atom. The Kier molecular flexibility index (Phi) is 4.47. The van der Waals surface area contributed by atoms with Crippen LogP contribution in [0.15, 0.2) is 6.20 Å². The van der Waals surface area contributed by atoms with Crippen molar-refractivity contribution in [1.29, 1.82) is 0 Å². The van der Waals surface area contributed by atoms with E-state index in [0.29, 0.717) is 11.6 Å². The van der Waals surface area contributed by atoms with Gasteiger partial charge in [-0.3, -0.25) is 4.98 Å². The van der Waals surface area contributed by atoms with E-state index in [1.165, 1.54) is 7.11 Å². The Hall–Kier alpha value is -1.85. The Labute approximate surface area is 107 Å². The van der Waals surface area contributed by atoms with E-state index in [4.69, 9.17) is 9.47 Å². The van der Waals surface area contributed by atoms with Gasteiger partial charge in [0.15, 0.2) is 0 Å². The lowest BCUT2D eigenvalue weighted by Gasteiger charge is -2.19. The minimum Gasteiger partial charge on any atom is -0.480 e. The number of alkyl carbamates (subject to hydrolysis) is 1. The van der Waals surface area contributed by atoms with Gasteiger partial charge in [0.2, 0.25) is 5.88 Å². The predicted molar refractivity (Wildman–Crippen MR) is 66.4 cm³/mol. The number of nitrogens with zero attached hydrogens (tertiary/aromatic N) is 2. The zero-order valence-corrected chi connectivity index (χ0v) is 11.4. The molecule has 0 aromatic carbocycles. The highest BCUT2D eigenvalue weighted by Gasteiger charge is 2.16. The molecule has 100 valence electrons. The molecule has 6 heteroatoms. The van der Waals surface area contributed by atoms with Crippen LogP contribution in [-0.4, -0.2) is 28.8 Å². The summed E-state index contributed by atoms with van der Waals surface area (Å²) in [6, 6.07) is 0. The Morgan fingerprint density at radius 3 is 2.67 bits per heavy atom. The molecule has 0 aliphatic rings. The molecule has 0 atom stereocenters. The Bertz CT molecular complexity index is 427. The van der Waals surface area contributed by atoms with Crippen molar-refractivity contribution in [3.05, 3.63) is 17.6 Å². The number of aryl methyl sites for hydroxylation is 1. The first-order valence-corrected chi connectivity index (χ1v) is 5.65.